The number of Topliss-reactive ketones (excluding diaryl/α,β-unsaturated/α-hetero) is 1. The molecule has 240 valence electrons. The highest BCUT2D eigenvalue weighted by atomic mass is 16.6. The summed E-state index contributed by atoms with van der Waals surface area (Å²) in [5.74, 6) is -0.315. The minimum absolute atomic E-state index is 0.0345. The molecule has 1 aromatic heterocycles. The number of rotatable bonds is 24. The van der Waals surface area contributed by atoms with Crippen molar-refractivity contribution in [1.29, 1.82) is 0 Å². The number of carbonyl (C=O) groups is 2. The van der Waals surface area contributed by atoms with E-state index in [-0.39, 0.29) is 25.2 Å². The molecule has 9 heteroatoms. The summed E-state index contributed by atoms with van der Waals surface area (Å²) < 4.78 is 12.6. The molecule has 2 rings (SSSR count). The Morgan fingerprint density at radius 2 is 1.36 bits per heavy atom. The highest BCUT2D eigenvalue weighted by molar-refractivity contribution is 5.82. The second-order valence-corrected chi connectivity index (χ2v) is 12.0. The molecule has 0 spiro atoms. The van der Waals surface area contributed by atoms with Crippen LogP contribution in [0, 0.1) is 6.92 Å². The molecule has 0 bridgehead atoms. The van der Waals surface area contributed by atoms with Gasteiger partial charge in [0.15, 0.2) is 6.23 Å². The van der Waals surface area contributed by atoms with Gasteiger partial charge in [0.05, 0.1) is 6.42 Å². The molecule has 2 heterocycles. The Hall–Kier alpha value is -2.26. The maximum Gasteiger partial charge on any atom is 0.330 e. The Kier molecular flexibility index (Phi) is 19.1. The summed E-state index contributed by atoms with van der Waals surface area (Å²) in [5, 5.41) is 3.16. The van der Waals surface area contributed by atoms with Crippen LogP contribution in [0.25, 0.3) is 0 Å². The van der Waals surface area contributed by atoms with E-state index in [1.54, 1.807) is 6.92 Å². The lowest BCUT2D eigenvalue weighted by Crippen LogP contribution is -2.48. The van der Waals surface area contributed by atoms with Gasteiger partial charge in [-0.1, -0.05) is 110 Å². The second-order valence-electron chi connectivity index (χ2n) is 12.0. The Balaban J connectivity index is 1.41. The molecular weight excluding hydrogens is 534 g/mol. The first-order valence-corrected chi connectivity index (χ1v) is 16.8. The van der Waals surface area contributed by atoms with Crippen LogP contribution in [0.2, 0.25) is 0 Å². The van der Waals surface area contributed by atoms with Crippen LogP contribution >= 0.6 is 0 Å². The number of nitrogens with one attached hydrogen (secondary N) is 2. The number of morpholine rings is 1. The predicted octanol–water partition coefficient (Wildman–Crippen LogP) is 6.27. The van der Waals surface area contributed by atoms with Gasteiger partial charge < -0.3 is 14.8 Å². The van der Waals surface area contributed by atoms with E-state index in [9.17, 15) is 19.2 Å². The molecule has 42 heavy (non-hydrogen) atoms. The molecule has 2 atom stereocenters. The molecule has 1 saturated heterocycles. The van der Waals surface area contributed by atoms with E-state index in [4.69, 9.17) is 9.47 Å². The number of ketones is 1. The summed E-state index contributed by atoms with van der Waals surface area (Å²) in [7, 11) is 0. The van der Waals surface area contributed by atoms with Crippen LogP contribution in [0.4, 0.5) is 0 Å². The Labute approximate surface area is 252 Å². The summed E-state index contributed by atoms with van der Waals surface area (Å²) in [6, 6.07) is 0. The van der Waals surface area contributed by atoms with Gasteiger partial charge in [-0.15, -0.1) is 0 Å². The van der Waals surface area contributed by atoms with E-state index in [0.29, 0.717) is 25.1 Å². The van der Waals surface area contributed by atoms with Crippen molar-refractivity contribution < 1.29 is 19.1 Å². The zero-order chi connectivity index (χ0) is 30.4. The molecule has 0 aliphatic carbocycles. The van der Waals surface area contributed by atoms with E-state index in [0.717, 1.165) is 12.8 Å². The van der Waals surface area contributed by atoms with Crippen molar-refractivity contribution in [3.05, 3.63) is 32.6 Å². The van der Waals surface area contributed by atoms with Crippen LogP contribution in [-0.4, -0.2) is 47.1 Å². The maximum absolute atomic E-state index is 12.2. The zero-order valence-corrected chi connectivity index (χ0v) is 26.4. The quantitative estimate of drug-likeness (QED) is 0.107. The predicted molar refractivity (Wildman–Crippen MR) is 167 cm³/mol. The minimum atomic E-state index is -0.614. The lowest BCUT2D eigenvalue weighted by atomic mass is 10.0. The lowest BCUT2D eigenvalue weighted by molar-refractivity contribution is -0.155. The molecule has 0 amide bonds. The van der Waals surface area contributed by atoms with Crippen LogP contribution in [0.15, 0.2) is 15.8 Å². The molecule has 1 fully saturated rings. The number of aromatic amines is 1. The number of nitrogens with zero attached hydrogens (tertiary/aromatic N) is 1. The number of hydrogen-bond donors (Lipinski definition) is 2. The number of ether oxygens (including phenoxy) is 2. The average Bonchev–Trinajstić information content (AvgIpc) is 2.98. The molecule has 1 aromatic rings. The van der Waals surface area contributed by atoms with Gasteiger partial charge in [-0.25, -0.2) is 4.79 Å². The van der Waals surface area contributed by atoms with Crippen LogP contribution in [0.1, 0.15) is 147 Å². The van der Waals surface area contributed by atoms with Crippen molar-refractivity contribution in [2.45, 2.75) is 155 Å². The Morgan fingerprint density at radius 3 is 1.93 bits per heavy atom. The maximum atomic E-state index is 12.2. The van der Waals surface area contributed by atoms with Gasteiger partial charge in [0.2, 0.25) is 0 Å². The monoisotopic (exact) mass is 591 g/mol. The summed E-state index contributed by atoms with van der Waals surface area (Å²) in [4.78, 5) is 50.4. The minimum Gasteiger partial charge on any atom is -0.463 e. The fraction of sp³-hybridized carbons (Fsp3) is 0.818. The molecule has 1 aliphatic rings. The van der Waals surface area contributed by atoms with Gasteiger partial charge in [0, 0.05) is 37.7 Å². The number of H-pyrrole nitrogens is 1. The van der Waals surface area contributed by atoms with Crippen molar-refractivity contribution >= 4 is 11.8 Å². The van der Waals surface area contributed by atoms with Crippen LogP contribution in [0.5, 0.6) is 0 Å². The topological polar surface area (TPSA) is 119 Å². The van der Waals surface area contributed by atoms with Gasteiger partial charge in [-0.3, -0.25) is 23.9 Å². The molecular formula is C33H57N3O6. The number of aryl methyl sites for hydroxylation is 1. The molecule has 1 aliphatic heterocycles. The van der Waals surface area contributed by atoms with E-state index >= 15 is 0 Å². The van der Waals surface area contributed by atoms with Crippen LogP contribution in [0.3, 0.4) is 0 Å². The van der Waals surface area contributed by atoms with Crippen molar-refractivity contribution in [3.63, 3.8) is 0 Å². The number of carbonyl (C=O) groups excluding carboxylic acids is 2. The van der Waals surface area contributed by atoms with Crippen molar-refractivity contribution in [2.75, 3.05) is 19.7 Å². The number of aromatic nitrogens is 2. The van der Waals surface area contributed by atoms with Crippen molar-refractivity contribution in [2.24, 2.45) is 0 Å². The Morgan fingerprint density at radius 1 is 0.810 bits per heavy atom. The van der Waals surface area contributed by atoms with E-state index in [1.165, 1.54) is 107 Å². The Bertz CT molecular complexity index is 1000. The zero-order valence-electron chi connectivity index (χ0n) is 26.4. The smallest absolute Gasteiger partial charge is 0.330 e. The third kappa shape index (κ3) is 15.8. The largest absolute Gasteiger partial charge is 0.463 e. The molecule has 0 radical (unpaired) electrons. The van der Waals surface area contributed by atoms with E-state index in [2.05, 4.69) is 17.2 Å². The number of hydrogen-bond acceptors (Lipinski definition) is 7. The normalized spacial score (nSPS) is 16.9. The summed E-state index contributed by atoms with van der Waals surface area (Å²) in [6.07, 6.45) is 23.5. The molecule has 0 aromatic carbocycles. The summed E-state index contributed by atoms with van der Waals surface area (Å²) in [5.41, 5.74) is -0.565. The van der Waals surface area contributed by atoms with Gasteiger partial charge >= 0.3 is 11.7 Å². The van der Waals surface area contributed by atoms with Gasteiger partial charge in [-0.05, 0) is 13.3 Å². The standard InChI is InChI=1S/C33H57N3O6/c1-3-4-5-6-7-8-9-10-11-12-13-14-15-16-17-18-19-20-28(37)21-22-31(38)41-26-29-23-34-24-30(42-29)36-25-27(2)32(39)35-33(36)40/h25,29-30,34H,3-24,26H2,1-2H3,(H,35,39,40)/t29-,30+/m0/s1. The molecule has 2 N–H and O–H groups in total. The number of unbranched alkanes of at least 4 members (excludes halogenated alkanes) is 16. The first-order chi connectivity index (χ1) is 20.4. The van der Waals surface area contributed by atoms with Gasteiger partial charge in [-0.2, -0.15) is 0 Å². The summed E-state index contributed by atoms with van der Waals surface area (Å²) in [6.45, 7) is 4.79. The first kappa shape index (κ1) is 35.9. The molecule has 0 unspecified atom stereocenters. The summed E-state index contributed by atoms with van der Waals surface area (Å²) >= 11 is 0. The average molecular weight is 592 g/mol. The highest BCUT2D eigenvalue weighted by Crippen LogP contribution is 2.16. The van der Waals surface area contributed by atoms with Gasteiger partial charge in [0.25, 0.3) is 5.56 Å². The van der Waals surface area contributed by atoms with Crippen molar-refractivity contribution in [1.82, 2.24) is 14.9 Å². The molecule has 0 saturated carbocycles. The molecule has 9 nitrogen and oxygen atoms in total. The third-order valence-electron chi connectivity index (χ3n) is 8.09. The fourth-order valence-electron chi connectivity index (χ4n) is 5.42. The second kappa shape index (κ2) is 22.3. The SMILES string of the molecule is CCCCCCCCCCCCCCCCCCCC(=O)CCC(=O)OC[C@@H]1CNC[C@H](n2cc(C)c(=O)[nH]c2=O)O1. The third-order valence-corrected chi connectivity index (χ3v) is 8.09. The van der Waals surface area contributed by atoms with Gasteiger partial charge in [0.1, 0.15) is 18.5 Å². The highest BCUT2D eigenvalue weighted by Gasteiger charge is 2.25. The van der Waals surface area contributed by atoms with Crippen LogP contribution < -0.4 is 16.6 Å². The van der Waals surface area contributed by atoms with Crippen LogP contribution in [-0.2, 0) is 19.1 Å². The lowest BCUT2D eigenvalue weighted by Gasteiger charge is -2.31. The van der Waals surface area contributed by atoms with E-state index in [1.807, 2.05) is 0 Å². The van der Waals surface area contributed by atoms with E-state index < -0.39 is 29.6 Å². The van der Waals surface area contributed by atoms with Crippen molar-refractivity contribution in [3.8, 4) is 0 Å². The first-order valence-electron chi connectivity index (χ1n) is 16.8. The fourth-order valence-corrected chi connectivity index (χ4v) is 5.42. The number of esters is 1.